The molecular formula is C19H22FNO. The Kier molecular flexibility index (Phi) is 4.65. The first-order valence-electron chi connectivity index (χ1n) is 7.51. The van der Waals surface area contributed by atoms with E-state index in [0.29, 0.717) is 6.54 Å². The number of halogens is 1. The molecule has 0 heterocycles. The molecule has 0 bridgehead atoms. The molecule has 1 amide bonds. The molecule has 0 saturated heterocycles. The van der Waals surface area contributed by atoms with Crippen LogP contribution in [0.3, 0.4) is 0 Å². The minimum Gasteiger partial charge on any atom is -0.312 e. The molecule has 2 aromatic carbocycles. The molecule has 0 spiro atoms. The Morgan fingerprint density at radius 1 is 1.14 bits per heavy atom. The molecule has 2 aromatic rings. The van der Waals surface area contributed by atoms with Gasteiger partial charge in [-0.25, -0.2) is 4.39 Å². The normalized spacial score (nSPS) is 11.3. The SMILES string of the molecule is CCN(C(=O)C(C)(C)c1ccc(F)cc1)c1cccc(C)c1. The van der Waals surface area contributed by atoms with E-state index < -0.39 is 5.41 Å². The molecule has 0 aliphatic rings. The first kappa shape index (κ1) is 16.2. The third-order valence-electron chi connectivity index (χ3n) is 3.98. The maximum Gasteiger partial charge on any atom is 0.237 e. The fraction of sp³-hybridized carbons (Fsp3) is 0.316. The van der Waals surface area contributed by atoms with Crippen LogP contribution in [0.4, 0.5) is 10.1 Å². The van der Waals surface area contributed by atoms with Crippen molar-refractivity contribution >= 4 is 11.6 Å². The van der Waals surface area contributed by atoms with Gasteiger partial charge in [0.15, 0.2) is 0 Å². The Hall–Kier alpha value is -2.16. The van der Waals surface area contributed by atoms with Crippen LogP contribution in [0.2, 0.25) is 0 Å². The van der Waals surface area contributed by atoms with Crippen molar-refractivity contribution in [3.63, 3.8) is 0 Å². The molecule has 2 nitrogen and oxygen atoms in total. The van der Waals surface area contributed by atoms with Gasteiger partial charge in [0, 0.05) is 12.2 Å². The molecule has 0 aliphatic heterocycles. The minimum atomic E-state index is -0.715. The summed E-state index contributed by atoms with van der Waals surface area (Å²) in [5.41, 5.74) is 2.10. The lowest BCUT2D eigenvalue weighted by Gasteiger charge is -2.32. The van der Waals surface area contributed by atoms with E-state index in [2.05, 4.69) is 0 Å². The maximum atomic E-state index is 13.1. The fourth-order valence-corrected chi connectivity index (χ4v) is 2.57. The fourth-order valence-electron chi connectivity index (χ4n) is 2.57. The predicted molar refractivity (Wildman–Crippen MR) is 88.6 cm³/mol. The highest BCUT2D eigenvalue weighted by Gasteiger charge is 2.33. The Labute approximate surface area is 131 Å². The molecule has 116 valence electrons. The van der Waals surface area contributed by atoms with E-state index in [4.69, 9.17) is 0 Å². The summed E-state index contributed by atoms with van der Waals surface area (Å²) in [6.45, 7) is 8.31. The second-order valence-electron chi connectivity index (χ2n) is 6.02. The molecule has 0 aliphatic carbocycles. The van der Waals surface area contributed by atoms with E-state index in [9.17, 15) is 9.18 Å². The Bertz CT molecular complexity index is 661. The number of hydrogen-bond donors (Lipinski definition) is 0. The van der Waals surface area contributed by atoms with Crippen molar-refractivity contribution in [2.45, 2.75) is 33.1 Å². The summed E-state index contributed by atoms with van der Waals surface area (Å²) in [7, 11) is 0. The van der Waals surface area contributed by atoms with Crippen LogP contribution in [-0.2, 0) is 10.2 Å². The van der Waals surface area contributed by atoms with E-state index in [1.165, 1.54) is 12.1 Å². The zero-order valence-electron chi connectivity index (χ0n) is 13.6. The van der Waals surface area contributed by atoms with Crippen LogP contribution in [0.15, 0.2) is 48.5 Å². The van der Waals surface area contributed by atoms with Crippen molar-refractivity contribution in [2.24, 2.45) is 0 Å². The van der Waals surface area contributed by atoms with Crippen LogP contribution in [0.5, 0.6) is 0 Å². The second-order valence-corrected chi connectivity index (χ2v) is 6.02. The summed E-state index contributed by atoms with van der Waals surface area (Å²) in [6, 6.07) is 14.0. The number of carbonyl (C=O) groups excluding carboxylic acids is 1. The van der Waals surface area contributed by atoms with Crippen LogP contribution in [0, 0.1) is 12.7 Å². The van der Waals surface area contributed by atoms with Crippen LogP contribution in [0.1, 0.15) is 31.9 Å². The van der Waals surface area contributed by atoms with Crippen molar-refractivity contribution < 1.29 is 9.18 Å². The number of likely N-dealkylation sites (N-methyl/N-ethyl adjacent to an activating group) is 1. The third kappa shape index (κ3) is 3.19. The smallest absolute Gasteiger partial charge is 0.237 e. The first-order chi connectivity index (χ1) is 10.4. The summed E-state index contributed by atoms with van der Waals surface area (Å²) >= 11 is 0. The highest BCUT2D eigenvalue weighted by molar-refractivity contribution is 6.00. The summed E-state index contributed by atoms with van der Waals surface area (Å²) in [5, 5.41) is 0. The standard InChI is InChI=1S/C19H22FNO/c1-5-21(17-8-6-7-14(2)13-17)18(22)19(3,4)15-9-11-16(20)12-10-15/h6-13H,5H2,1-4H3. The zero-order chi connectivity index (χ0) is 16.3. The number of carbonyl (C=O) groups is 1. The summed E-state index contributed by atoms with van der Waals surface area (Å²) < 4.78 is 13.1. The van der Waals surface area contributed by atoms with Crippen LogP contribution < -0.4 is 4.90 Å². The lowest BCUT2D eigenvalue weighted by molar-refractivity contribution is -0.123. The molecule has 0 aromatic heterocycles. The van der Waals surface area contributed by atoms with Crippen molar-refractivity contribution in [2.75, 3.05) is 11.4 Å². The lowest BCUT2D eigenvalue weighted by atomic mass is 9.83. The zero-order valence-corrected chi connectivity index (χ0v) is 13.6. The quantitative estimate of drug-likeness (QED) is 0.816. The Balaban J connectivity index is 2.36. The predicted octanol–water partition coefficient (Wildman–Crippen LogP) is 4.46. The molecule has 0 radical (unpaired) electrons. The van der Waals surface area contributed by atoms with Crippen LogP contribution in [-0.4, -0.2) is 12.5 Å². The monoisotopic (exact) mass is 299 g/mol. The van der Waals surface area contributed by atoms with E-state index in [0.717, 1.165) is 16.8 Å². The average Bonchev–Trinajstić information content (AvgIpc) is 2.48. The molecule has 0 saturated carbocycles. The molecule has 0 fully saturated rings. The number of nitrogens with zero attached hydrogens (tertiary/aromatic N) is 1. The third-order valence-corrected chi connectivity index (χ3v) is 3.98. The van der Waals surface area contributed by atoms with Gasteiger partial charge in [0.05, 0.1) is 5.41 Å². The first-order valence-corrected chi connectivity index (χ1v) is 7.51. The highest BCUT2D eigenvalue weighted by atomic mass is 19.1. The molecule has 0 unspecified atom stereocenters. The van der Waals surface area contributed by atoms with E-state index in [1.807, 2.05) is 52.0 Å². The molecule has 0 atom stereocenters. The van der Waals surface area contributed by atoms with Crippen LogP contribution >= 0.6 is 0 Å². The number of benzene rings is 2. The van der Waals surface area contributed by atoms with Gasteiger partial charge < -0.3 is 4.90 Å². The van der Waals surface area contributed by atoms with E-state index in [1.54, 1.807) is 17.0 Å². The minimum absolute atomic E-state index is 0.00667. The van der Waals surface area contributed by atoms with Crippen LogP contribution in [0.25, 0.3) is 0 Å². The largest absolute Gasteiger partial charge is 0.312 e. The van der Waals surface area contributed by atoms with Gasteiger partial charge in [0.25, 0.3) is 0 Å². The summed E-state index contributed by atoms with van der Waals surface area (Å²) in [6.07, 6.45) is 0. The maximum absolute atomic E-state index is 13.1. The van der Waals surface area contributed by atoms with Gasteiger partial charge in [-0.1, -0.05) is 24.3 Å². The number of amides is 1. The van der Waals surface area contributed by atoms with Gasteiger partial charge in [0.2, 0.25) is 5.91 Å². The highest BCUT2D eigenvalue weighted by Crippen LogP contribution is 2.28. The summed E-state index contributed by atoms with van der Waals surface area (Å²) in [4.78, 5) is 14.8. The number of hydrogen-bond acceptors (Lipinski definition) is 1. The number of aryl methyl sites for hydroxylation is 1. The molecule has 0 N–H and O–H groups in total. The molecule has 3 heteroatoms. The topological polar surface area (TPSA) is 20.3 Å². The molecule has 22 heavy (non-hydrogen) atoms. The molecular weight excluding hydrogens is 277 g/mol. The average molecular weight is 299 g/mol. The Morgan fingerprint density at radius 3 is 2.32 bits per heavy atom. The summed E-state index contributed by atoms with van der Waals surface area (Å²) in [5.74, 6) is -0.287. The molecule has 2 rings (SSSR count). The van der Waals surface area contributed by atoms with Crippen molar-refractivity contribution in [1.82, 2.24) is 0 Å². The van der Waals surface area contributed by atoms with Gasteiger partial charge in [-0.2, -0.15) is 0 Å². The van der Waals surface area contributed by atoms with Crippen molar-refractivity contribution in [3.8, 4) is 0 Å². The van der Waals surface area contributed by atoms with E-state index in [-0.39, 0.29) is 11.7 Å². The van der Waals surface area contributed by atoms with Crippen molar-refractivity contribution in [3.05, 3.63) is 65.5 Å². The number of anilines is 1. The van der Waals surface area contributed by atoms with Gasteiger partial charge in [0.1, 0.15) is 5.82 Å². The second kappa shape index (κ2) is 6.30. The Morgan fingerprint density at radius 2 is 1.77 bits per heavy atom. The van der Waals surface area contributed by atoms with Gasteiger partial charge in [-0.3, -0.25) is 4.79 Å². The van der Waals surface area contributed by atoms with Crippen molar-refractivity contribution in [1.29, 1.82) is 0 Å². The lowest BCUT2D eigenvalue weighted by Crippen LogP contribution is -2.43. The van der Waals surface area contributed by atoms with Gasteiger partial charge in [-0.05, 0) is 63.1 Å². The van der Waals surface area contributed by atoms with Gasteiger partial charge in [-0.15, -0.1) is 0 Å². The number of rotatable bonds is 4. The van der Waals surface area contributed by atoms with E-state index >= 15 is 0 Å². The van der Waals surface area contributed by atoms with Gasteiger partial charge >= 0.3 is 0 Å².